The zero-order valence-electron chi connectivity index (χ0n) is 11.0. The molecule has 0 spiro atoms. The summed E-state index contributed by atoms with van der Waals surface area (Å²) in [7, 11) is 0. The quantitative estimate of drug-likeness (QED) is 0.776. The van der Waals surface area contributed by atoms with E-state index in [2.05, 4.69) is 15.3 Å². The fourth-order valence-corrected chi connectivity index (χ4v) is 2.87. The highest BCUT2D eigenvalue weighted by molar-refractivity contribution is 7.18. The number of hydrogen-bond donors (Lipinski definition) is 2. The van der Waals surface area contributed by atoms with Gasteiger partial charge in [0, 0.05) is 4.88 Å². The van der Waals surface area contributed by atoms with Gasteiger partial charge in [-0.05, 0) is 24.3 Å². The van der Waals surface area contributed by atoms with Gasteiger partial charge in [0.2, 0.25) is 0 Å². The number of thiophene rings is 1. The molecule has 0 aliphatic heterocycles. The number of nitrogens with one attached hydrogen (secondary N) is 2. The van der Waals surface area contributed by atoms with Crippen LogP contribution in [-0.2, 0) is 6.54 Å². The van der Waals surface area contributed by atoms with Crippen LogP contribution in [-0.4, -0.2) is 15.9 Å². The highest BCUT2D eigenvalue weighted by Gasteiger charge is 2.13. The normalized spacial score (nSPS) is 10.8. The van der Waals surface area contributed by atoms with Gasteiger partial charge in [0.25, 0.3) is 11.5 Å². The van der Waals surface area contributed by atoms with Crippen molar-refractivity contribution in [1.82, 2.24) is 15.3 Å². The summed E-state index contributed by atoms with van der Waals surface area (Å²) >= 11 is 1.24. The standard InChI is InChI=1S/C14H9F2N3O2S/c15-7-1-2-11(16)9(3-7)12(20)17-5-8-4-10-13(21)18-6-19-14(10)22-8/h1-4,6H,5H2,(H,17,20)(H,18,19,21). The molecular weight excluding hydrogens is 312 g/mol. The molecule has 0 fully saturated rings. The van der Waals surface area contributed by atoms with Crippen LogP contribution in [0.5, 0.6) is 0 Å². The number of carbonyl (C=O) groups excluding carboxylic acids is 1. The van der Waals surface area contributed by atoms with Crippen LogP contribution in [0.3, 0.4) is 0 Å². The van der Waals surface area contributed by atoms with E-state index in [0.29, 0.717) is 15.1 Å². The molecule has 2 heterocycles. The molecule has 3 aromatic rings. The van der Waals surface area contributed by atoms with E-state index in [-0.39, 0.29) is 17.7 Å². The SMILES string of the molecule is O=C(NCc1cc2c(=O)[nH]cnc2s1)c1cc(F)ccc1F. The number of H-pyrrole nitrogens is 1. The molecule has 0 saturated heterocycles. The van der Waals surface area contributed by atoms with E-state index in [1.165, 1.54) is 17.7 Å². The Morgan fingerprint density at radius 3 is 2.91 bits per heavy atom. The second kappa shape index (κ2) is 5.64. The highest BCUT2D eigenvalue weighted by atomic mass is 32.1. The second-order valence-corrected chi connectivity index (χ2v) is 5.59. The van der Waals surface area contributed by atoms with Crippen molar-refractivity contribution in [3.63, 3.8) is 0 Å². The topological polar surface area (TPSA) is 74.8 Å². The lowest BCUT2D eigenvalue weighted by molar-refractivity contribution is 0.0946. The Morgan fingerprint density at radius 2 is 2.14 bits per heavy atom. The third-order valence-electron chi connectivity index (χ3n) is 2.98. The molecule has 0 saturated carbocycles. The van der Waals surface area contributed by atoms with E-state index in [1.54, 1.807) is 6.07 Å². The molecule has 1 aromatic carbocycles. The van der Waals surface area contributed by atoms with Crippen molar-refractivity contribution in [2.75, 3.05) is 0 Å². The van der Waals surface area contributed by atoms with Crippen LogP contribution < -0.4 is 10.9 Å². The summed E-state index contributed by atoms with van der Waals surface area (Å²) in [6.07, 6.45) is 1.30. The van der Waals surface area contributed by atoms with Crippen molar-refractivity contribution in [3.8, 4) is 0 Å². The van der Waals surface area contributed by atoms with Crippen molar-refractivity contribution in [2.45, 2.75) is 6.54 Å². The maximum Gasteiger partial charge on any atom is 0.259 e. The summed E-state index contributed by atoms with van der Waals surface area (Å²) in [6, 6.07) is 4.28. The van der Waals surface area contributed by atoms with Crippen LogP contribution in [0.1, 0.15) is 15.2 Å². The second-order valence-electron chi connectivity index (χ2n) is 4.47. The summed E-state index contributed by atoms with van der Waals surface area (Å²) in [4.78, 5) is 31.1. The minimum atomic E-state index is -0.798. The van der Waals surface area contributed by atoms with Gasteiger partial charge in [-0.3, -0.25) is 9.59 Å². The maximum absolute atomic E-state index is 13.5. The number of rotatable bonds is 3. The molecule has 2 aromatic heterocycles. The minimum Gasteiger partial charge on any atom is -0.347 e. The molecule has 2 N–H and O–H groups in total. The predicted molar refractivity (Wildman–Crippen MR) is 77.8 cm³/mol. The van der Waals surface area contributed by atoms with Crippen LogP contribution in [0.4, 0.5) is 8.78 Å². The van der Waals surface area contributed by atoms with Gasteiger partial charge in [0.05, 0.1) is 23.8 Å². The Kier molecular flexibility index (Phi) is 3.68. The van der Waals surface area contributed by atoms with Gasteiger partial charge in [-0.25, -0.2) is 13.8 Å². The Morgan fingerprint density at radius 1 is 1.32 bits per heavy atom. The molecular formula is C14H9F2N3O2S. The van der Waals surface area contributed by atoms with Gasteiger partial charge in [0.1, 0.15) is 16.5 Å². The van der Waals surface area contributed by atoms with Gasteiger partial charge in [-0.2, -0.15) is 0 Å². The number of carbonyl (C=O) groups is 1. The maximum atomic E-state index is 13.5. The first-order valence-electron chi connectivity index (χ1n) is 6.24. The first-order chi connectivity index (χ1) is 10.5. The monoisotopic (exact) mass is 321 g/mol. The molecule has 0 aliphatic rings. The van der Waals surface area contributed by atoms with Crippen LogP contribution in [0.25, 0.3) is 10.2 Å². The molecule has 22 heavy (non-hydrogen) atoms. The minimum absolute atomic E-state index is 0.0925. The molecule has 112 valence electrons. The van der Waals surface area contributed by atoms with Gasteiger partial charge in [-0.15, -0.1) is 11.3 Å². The van der Waals surface area contributed by atoms with E-state index in [9.17, 15) is 18.4 Å². The van der Waals surface area contributed by atoms with Crippen molar-refractivity contribution >= 4 is 27.5 Å². The first-order valence-corrected chi connectivity index (χ1v) is 7.05. The molecule has 1 amide bonds. The van der Waals surface area contributed by atoms with E-state index in [4.69, 9.17) is 0 Å². The zero-order chi connectivity index (χ0) is 15.7. The summed E-state index contributed by atoms with van der Waals surface area (Å²) < 4.78 is 26.5. The molecule has 0 aliphatic carbocycles. The van der Waals surface area contributed by atoms with E-state index in [0.717, 1.165) is 18.2 Å². The Bertz CT molecular complexity index is 920. The number of hydrogen-bond acceptors (Lipinski definition) is 4. The van der Waals surface area contributed by atoms with Crippen LogP contribution in [0.2, 0.25) is 0 Å². The van der Waals surface area contributed by atoms with Crippen molar-refractivity contribution in [2.24, 2.45) is 0 Å². The molecule has 0 unspecified atom stereocenters. The average molecular weight is 321 g/mol. The van der Waals surface area contributed by atoms with Gasteiger partial charge < -0.3 is 10.3 Å². The summed E-state index contributed by atoms with van der Waals surface area (Å²) in [5, 5.41) is 2.91. The smallest absolute Gasteiger partial charge is 0.259 e. The first kappa shape index (κ1) is 14.3. The van der Waals surface area contributed by atoms with Crippen molar-refractivity contribution in [1.29, 1.82) is 0 Å². The van der Waals surface area contributed by atoms with Crippen molar-refractivity contribution in [3.05, 3.63) is 63.0 Å². The van der Waals surface area contributed by atoms with Crippen LogP contribution >= 0.6 is 11.3 Å². The molecule has 3 rings (SSSR count). The lowest BCUT2D eigenvalue weighted by Gasteiger charge is -2.04. The van der Waals surface area contributed by atoms with E-state index >= 15 is 0 Å². The lowest BCUT2D eigenvalue weighted by Crippen LogP contribution is -2.23. The fraction of sp³-hybridized carbons (Fsp3) is 0.0714. The number of amides is 1. The molecule has 0 radical (unpaired) electrons. The fourth-order valence-electron chi connectivity index (χ4n) is 1.94. The molecule has 0 bridgehead atoms. The third-order valence-corrected chi connectivity index (χ3v) is 4.02. The predicted octanol–water partition coefficient (Wildman–Crippen LogP) is 2.19. The molecule has 8 heteroatoms. The number of aromatic nitrogens is 2. The Hall–Kier alpha value is -2.61. The number of benzene rings is 1. The van der Waals surface area contributed by atoms with Crippen molar-refractivity contribution < 1.29 is 13.6 Å². The number of nitrogens with zero attached hydrogens (tertiary/aromatic N) is 1. The number of fused-ring (bicyclic) bond motifs is 1. The van der Waals surface area contributed by atoms with Gasteiger partial charge in [0.15, 0.2) is 0 Å². The van der Waals surface area contributed by atoms with Crippen LogP contribution in [0, 0.1) is 11.6 Å². The van der Waals surface area contributed by atoms with E-state index < -0.39 is 17.5 Å². The zero-order valence-corrected chi connectivity index (χ0v) is 11.8. The summed E-state index contributed by atoms with van der Waals surface area (Å²) in [5.41, 5.74) is -0.632. The number of halogens is 2. The van der Waals surface area contributed by atoms with E-state index in [1.807, 2.05) is 0 Å². The van der Waals surface area contributed by atoms with Gasteiger partial charge in [-0.1, -0.05) is 0 Å². The average Bonchev–Trinajstić information content (AvgIpc) is 2.92. The summed E-state index contributed by atoms with van der Waals surface area (Å²) in [6.45, 7) is 0.0925. The van der Waals surface area contributed by atoms with Gasteiger partial charge >= 0.3 is 0 Å². The number of aromatic amines is 1. The Balaban J connectivity index is 1.79. The van der Waals surface area contributed by atoms with Crippen LogP contribution in [0.15, 0.2) is 35.4 Å². The highest BCUT2D eigenvalue weighted by Crippen LogP contribution is 2.20. The molecule has 5 nitrogen and oxygen atoms in total. The summed E-state index contributed by atoms with van der Waals surface area (Å²) in [5.74, 6) is -2.21. The third kappa shape index (κ3) is 2.73. The Labute approximate surface area is 126 Å². The molecule has 0 atom stereocenters. The lowest BCUT2D eigenvalue weighted by atomic mass is 10.2. The largest absolute Gasteiger partial charge is 0.347 e.